The number of aromatic nitrogens is 4. The maximum Gasteiger partial charge on any atom is 0.302 e. The first-order valence-electron chi connectivity index (χ1n) is 10.0. The van der Waals surface area contributed by atoms with Gasteiger partial charge in [-0.15, -0.1) is 0 Å². The highest BCUT2D eigenvalue weighted by Crippen LogP contribution is 2.24. The average molecular weight is 414 g/mol. The second kappa shape index (κ2) is 7.64. The van der Waals surface area contributed by atoms with Crippen LogP contribution in [0.15, 0.2) is 53.5 Å². The van der Waals surface area contributed by atoms with Gasteiger partial charge in [-0.25, -0.2) is 0 Å². The molecule has 0 radical (unpaired) electrons. The van der Waals surface area contributed by atoms with E-state index in [4.69, 9.17) is 4.74 Å². The summed E-state index contributed by atoms with van der Waals surface area (Å²) in [5.41, 5.74) is 3.17. The molecule has 0 amide bonds. The Morgan fingerprint density at radius 1 is 1.19 bits per heavy atom. The van der Waals surface area contributed by atoms with Crippen LogP contribution in [0.1, 0.15) is 5.56 Å². The van der Waals surface area contributed by atoms with Gasteiger partial charge < -0.3 is 15.0 Å². The summed E-state index contributed by atoms with van der Waals surface area (Å²) in [6.07, 6.45) is 5.44. The van der Waals surface area contributed by atoms with Crippen LogP contribution in [0, 0.1) is 0 Å². The van der Waals surface area contributed by atoms with Gasteiger partial charge in [-0.3, -0.25) is 14.5 Å². The Labute approximate surface area is 178 Å². The third-order valence-corrected chi connectivity index (χ3v) is 5.41. The Morgan fingerprint density at radius 2 is 2.03 bits per heavy atom. The van der Waals surface area contributed by atoms with E-state index in [2.05, 4.69) is 43.5 Å². The normalized spacial score (nSPS) is 12.5. The van der Waals surface area contributed by atoms with Crippen molar-refractivity contribution in [1.82, 2.24) is 25.1 Å². The molecular weight excluding hydrogens is 392 g/mol. The van der Waals surface area contributed by atoms with Crippen LogP contribution in [0.25, 0.3) is 23.2 Å². The summed E-state index contributed by atoms with van der Waals surface area (Å²) in [4.78, 5) is 21.4. The fraction of sp³-hybridized carbons (Fsp3) is 0.174. The van der Waals surface area contributed by atoms with Crippen LogP contribution in [0.5, 0.6) is 11.8 Å². The number of hydrogen-bond acceptors (Lipinski definition) is 6. The molecule has 31 heavy (non-hydrogen) atoms. The van der Waals surface area contributed by atoms with Crippen molar-refractivity contribution in [2.24, 2.45) is 7.05 Å². The third kappa shape index (κ3) is 3.63. The van der Waals surface area contributed by atoms with Crippen molar-refractivity contribution in [3.8, 4) is 11.8 Å². The van der Waals surface area contributed by atoms with Gasteiger partial charge in [-0.2, -0.15) is 10.1 Å². The van der Waals surface area contributed by atoms with E-state index in [1.807, 2.05) is 55.3 Å². The standard InChI is InChI=1S/C23H22N6O2/c1-28(14-15-4-3-5-21-19(15)12-25-29(21)2)16-6-8-17(9-7-16)31-23-26-20-13-24-11-10-18(20)22(30)27-23/h3-10,12-13,24H,11,14H2,1-2H3,(H,26,27,30). The second-order valence-corrected chi connectivity index (χ2v) is 7.50. The van der Waals surface area contributed by atoms with Gasteiger partial charge in [0.05, 0.1) is 22.3 Å². The van der Waals surface area contributed by atoms with Gasteiger partial charge in [0.15, 0.2) is 0 Å². The number of fused-ring (bicyclic) bond motifs is 2. The first-order chi connectivity index (χ1) is 15.1. The Kier molecular flexibility index (Phi) is 4.66. The monoisotopic (exact) mass is 414 g/mol. The van der Waals surface area contributed by atoms with Gasteiger partial charge in [-0.1, -0.05) is 18.2 Å². The number of aromatic amines is 1. The number of nitrogens with one attached hydrogen (secondary N) is 2. The highest BCUT2D eigenvalue weighted by atomic mass is 16.5. The van der Waals surface area contributed by atoms with Crippen molar-refractivity contribution >= 4 is 28.9 Å². The highest BCUT2D eigenvalue weighted by Gasteiger charge is 2.09. The molecule has 1 aliphatic rings. The molecule has 0 saturated heterocycles. The summed E-state index contributed by atoms with van der Waals surface area (Å²) in [5, 5.41) is 9.70. The summed E-state index contributed by atoms with van der Waals surface area (Å²) >= 11 is 0. The fourth-order valence-corrected chi connectivity index (χ4v) is 3.75. The average Bonchev–Trinajstić information content (AvgIpc) is 3.16. The number of anilines is 1. The van der Waals surface area contributed by atoms with Gasteiger partial charge in [0.2, 0.25) is 0 Å². The lowest BCUT2D eigenvalue weighted by molar-refractivity contribution is 0.437. The van der Waals surface area contributed by atoms with Gasteiger partial charge in [-0.05, 0) is 35.9 Å². The summed E-state index contributed by atoms with van der Waals surface area (Å²) in [7, 11) is 4.00. The minimum absolute atomic E-state index is 0.168. The van der Waals surface area contributed by atoms with Gasteiger partial charge in [0.1, 0.15) is 5.75 Å². The Hall–Kier alpha value is -4.07. The Bertz CT molecular complexity index is 1440. The largest absolute Gasteiger partial charge is 0.426 e. The molecule has 0 unspecified atom stereocenters. The summed E-state index contributed by atoms with van der Waals surface area (Å²) in [6.45, 7) is 1.37. The first-order valence-corrected chi connectivity index (χ1v) is 10.0. The van der Waals surface area contributed by atoms with Crippen LogP contribution in [-0.4, -0.2) is 33.3 Å². The van der Waals surface area contributed by atoms with Crippen molar-refractivity contribution in [1.29, 1.82) is 0 Å². The summed E-state index contributed by atoms with van der Waals surface area (Å²) in [5.74, 6) is 0.599. The van der Waals surface area contributed by atoms with E-state index in [0.717, 1.165) is 23.1 Å². The van der Waals surface area contributed by atoms with Crippen LogP contribution < -0.4 is 31.1 Å². The van der Waals surface area contributed by atoms with E-state index in [1.54, 1.807) is 6.20 Å². The van der Waals surface area contributed by atoms with Gasteiger partial charge in [0.25, 0.3) is 5.56 Å². The Morgan fingerprint density at radius 3 is 2.87 bits per heavy atom. The third-order valence-electron chi connectivity index (χ3n) is 5.41. The van der Waals surface area contributed by atoms with Crippen LogP contribution >= 0.6 is 0 Å². The molecule has 0 bridgehead atoms. The SMILES string of the molecule is CN(Cc1cccc2c1cnn2C)c1ccc(Oc2nc3c(c(=O)[nH]2)=CCNC=3)cc1. The lowest BCUT2D eigenvalue weighted by atomic mass is 10.1. The van der Waals surface area contributed by atoms with E-state index in [9.17, 15) is 4.79 Å². The zero-order chi connectivity index (χ0) is 21.4. The van der Waals surface area contributed by atoms with Crippen molar-refractivity contribution < 1.29 is 4.74 Å². The van der Waals surface area contributed by atoms with E-state index in [0.29, 0.717) is 22.9 Å². The van der Waals surface area contributed by atoms with E-state index < -0.39 is 0 Å². The maximum absolute atomic E-state index is 12.2. The summed E-state index contributed by atoms with van der Waals surface area (Å²) in [6, 6.07) is 14.1. The molecule has 2 aromatic carbocycles. The van der Waals surface area contributed by atoms with Crippen LogP contribution in [0.3, 0.4) is 0 Å². The molecule has 8 heteroatoms. The smallest absolute Gasteiger partial charge is 0.302 e. The maximum atomic E-state index is 12.2. The summed E-state index contributed by atoms with van der Waals surface area (Å²) < 4.78 is 7.67. The van der Waals surface area contributed by atoms with Crippen molar-refractivity contribution in [2.75, 3.05) is 18.5 Å². The lowest BCUT2D eigenvalue weighted by Gasteiger charge is -2.20. The molecule has 156 valence electrons. The Balaban J connectivity index is 1.34. The molecule has 1 aliphatic heterocycles. The van der Waals surface area contributed by atoms with E-state index >= 15 is 0 Å². The number of ether oxygens (including phenoxy) is 1. The number of H-pyrrole nitrogens is 1. The fourth-order valence-electron chi connectivity index (χ4n) is 3.75. The first kappa shape index (κ1) is 18.9. The quantitative estimate of drug-likeness (QED) is 0.510. The molecule has 2 aromatic heterocycles. The zero-order valence-corrected chi connectivity index (χ0v) is 17.3. The van der Waals surface area contributed by atoms with Crippen molar-refractivity contribution in [2.45, 2.75) is 6.54 Å². The highest BCUT2D eigenvalue weighted by molar-refractivity contribution is 5.82. The van der Waals surface area contributed by atoms with E-state index in [-0.39, 0.29) is 11.6 Å². The minimum Gasteiger partial charge on any atom is -0.426 e. The van der Waals surface area contributed by atoms with Crippen LogP contribution in [-0.2, 0) is 13.6 Å². The topological polar surface area (TPSA) is 88.1 Å². The molecule has 0 saturated carbocycles. The molecule has 0 spiro atoms. The van der Waals surface area contributed by atoms with E-state index in [1.165, 1.54) is 5.56 Å². The number of benzene rings is 2. The molecule has 8 nitrogen and oxygen atoms in total. The predicted molar refractivity (Wildman–Crippen MR) is 120 cm³/mol. The molecule has 0 aliphatic carbocycles. The molecule has 3 heterocycles. The lowest BCUT2D eigenvalue weighted by Crippen LogP contribution is -2.46. The predicted octanol–water partition coefficient (Wildman–Crippen LogP) is 1.21. The molecular formula is C23H22N6O2. The van der Waals surface area contributed by atoms with Crippen molar-refractivity contribution in [3.05, 3.63) is 75.1 Å². The number of hydrogen-bond donors (Lipinski definition) is 2. The molecule has 4 aromatic rings. The van der Waals surface area contributed by atoms with Gasteiger partial charge >= 0.3 is 6.01 Å². The van der Waals surface area contributed by atoms with Crippen molar-refractivity contribution in [3.63, 3.8) is 0 Å². The van der Waals surface area contributed by atoms with Crippen LogP contribution in [0.2, 0.25) is 0 Å². The number of nitrogens with zero attached hydrogens (tertiary/aromatic N) is 4. The minimum atomic E-state index is -0.210. The molecule has 5 rings (SSSR count). The molecule has 0 fully saturated rings. The molecule has 2 N–H and O–H groups in total. The number of rotatable bonds is 5. The second-order valence-electron chi connectivity index (χ2n) is 7.50. The van der Waals surface area contributed by atoms with Crippen LogP contribution in [0.4, 0.5) is 5.69 Å². The van der Waals surface area contributed by atoms with Gasteiger partial charge in [0, 0.05) is 44.5 Å². The molecule has 0 atom stereocenters. The number of aryl methyl sites for hydroxylation is 1. The zero-order valence-electron chi connectivity index (χ0n) is 17.3.